The third-order valence-electron chi connectivity index (χ3n) is 10.5. The number of para-hydroxylation sites is 3. The molecule has 52 heavy (non-hydrogen) atoms. The maximum absolute atomic E-state index is 13.9. The van der Waals surface area contributed by atoms with Gasteiger partial charge in [0, 0.05) is 47.4 Å². The molecule has 3 aromatic heterocycles. The van der Waals surface area contributed by atoms with Crippen molar-refractivity contribution < 1.29 is 9.59 Å². The number of aromatic nitrogens is 2. The number of benzene rings is 7. The molecule has 0 unspecified atom stereocenters. The summed E-state index contributed by atoms with van der Waals surface area (Å²) < 4.78 is 6.91. The standard InChI is InChI=1S/C45H24N4O2S/c46-25-26-10-9-18-38(49-44(50)31-13-1-2-14-32(31)45(49)51)42(26)48-36-17-7-4-15-33(36)41-37(48)22-21-30-28-11-3-6-16-35(28)47(43(30)41)27-20-23-40-34(24-27)29-12-5-8-19-39(29)52-40/h1-24H. The first-order valence-corrected chi connectivity index (χ1v) is 17.8. The van der Waals surface area contributed by atoms with Crippen LogP contribution in [0, 0.1) is 11.3 Å². The number of rotatable bonds is 3. The Morgan fingerprint density at radius 1 is 0.519 bits per heavy atom. The Bertz CT molecular complexity index is 3230. The van der Waals surface area contributed by atoms with E-state index in [2.05, 4.69) is 100 Å². The lowest BCUT2D eigenvalue weighted by atomic mass is 10.1. The largest absolute Gasteiger partial charge is 0.309 e. The molecule has 11 rings (SSSR count). The molecule has 0 fully saturated rings. The molecule has 0 bridgehead atoms. The summed E-state index contributed by atoms with van der Waals surface area (Å²) in [5.41, 5.74) is 6.82. The van der Waals surface area contributed by atoms with Gasteiger partial charge in [0.05, 0.1) is 50.1 Å². The van der Waals surface area contributed by atoms with Crippen LogP contribution in [0.2, 0.25) is 0 Å². The van der Waals surface area contributed by atoms with Crippen LogP contribution in [0.25, 0.3) is 75.2 Å². The number of hydrogen-bond acceptors (Lipinski definition) is 4. The topological polar surface area (TPSA) is 71.0 Å². The van der Waals surface area contributed by atoms with Crippen LogP contribution in [-0.2, 0) is 0 Å². The summed E-state index contributed by atoms with van der Waals surface area (Å²) in [7, 11) is 0. The average Bonchev–Trinajstić information content (AvgIpc) is 3.90. The van der Waals surface area contributed by atoms with Crippen LogP contribution in [0.5, 0.6) is 0 Å². The monoisotopic (exact) mass is 684 g/mol. The second-order valence-electron chi connectivity index (χ2n) is 13.1. The summed E-state index contributed by atoms with van der Waals surface area (Å²) in [6.45, 7) is 0. The lowest BCUT2D eigenvalue weighted by Gasteiger charge is -2.21. The predicted molar refractivity (Wildman–Crippen MR) is 210 cm³/mol. The fourth-order valence-corrected chi connectivity index (χ4v) is 9.40. The van der Waals surface area contributed by atoms with Crippen LogP contribution in [0.4, 0.5) is 5.69 Å². The van der Waals surface area contributed by atoms with Crippen molar-refractivity contribution in [3.05, 3.63) is 162 Å². The summed E-state index contributed by atoms with van der Waals surface area (Å²) in [5.74, 6) is -0.812. The number of fused-ring (bicyclic) bond motifs is 11. The number of thiophene rings is 1. The van der Waals surface area contributed by atoms with E-state index in [1.165, 1.54) is 25.1 Å². The number of carbonyl (C=O) groups is 2. The Morgan fingerprint density at radius 3 is 1.94 bits per heavy atom. The lowest BCUT2D eigenvalue weighted by molar-refractivity contribution is 0.0926. The van der Waals surface area contributed by atoms with Gasteiger partial charge in [0.25, 0.3) is 11.8 Å². The molecule has 1 aliphatic heterocycles. The molecule has 0 spiro atoms. The van der Waals surface area contributed by atoms with Crippen molar-refractivity contribution in [2.75, 3.05) is 4.90 Å². The number of hydrogen-bond donors (Lipinski definition) is 0. The van der Waals surface area contributed by atoms with E-state index < -0.39 is 11.8 Å². The summed E-state index contributed by atoms with van der Waals surface area (Å²) in [5, 5.41) is 17.3. The number of nitriles is 1. The highest BCUT2D eigenvalue weighted by Crippen LogP contribution is 2.45. The van der Waals surface area contributed by atoms with E-state index >= 15 is 0 Å². The van der Waals surface area contributed by atoms with Gasteiger partial charge in [-0.3, -0.25) is 9.59 Å². The Morgan fingerprint density at radius 2 is 1.17 bits per heavy atom. The van der Waals surface area contributed by atoms with Crippen molar-refractivity contribution in [2.24, 2.45) is 0 Å². The fraction of sp³-hybridized carbons (Fsp3) is 0. The van der Waals surface area contributed by atoms with Gasteiger partial charge in [-0.1, -0.05) is 78.9 Å². The van der Waals surface area contributed by atoms with Crippen molar-refractivity contribution in [3.63, 3.8) is 0 Å². The van der Waals surface area contributed by atoms with E-state index in [1.807, 2.05) is 18.2 Å². The van der Waals surface area contributed by atoms with Gasteiger partial charge in [0.1, 0.15) is 6.07 Å². The van der Waals surface area contributed by atoms with Crippen LogP contribution < -0.4 is 4.90 Å². The zero-order valence-corrected chi connectivity index (χ0v) is 28.2. The Hall–Kier alpha value is -7.01. The van der Waals surface area contributed by atoms with E-state index in [-0.39, 0.29) is 0 Å². The molecule has 1 aliphatic rings. The Labute approximate surface area is 300 Å². The third-order valence-corrected chi connectivity index (χ3v) is 11.6. The second kappa shape index (κ2) is 10.5. The normalized spacial score (nSPS) is 13.0. The molecule has 0 saturated heterocycles. The number of nitrogens with zero attached hydrogens (tertiary/aromatic N) is 4. The quantitative estimate of drug-likeness (QED) is 0.174. The summed E-state index contributed by atoms with van der Waals surface area (Å²) in [4.78, 5) is 29.0. The fourth-order valence-electron chi connectivity index (χ4n) is 8.32. The summed E-state index contributed by atoms with van der Waals surface area (Å²) in [6.07, 6.45) is 0. The molecule has 0 saturated carbocycles. The lowest BCUT2D eigenvalue weighted by Crippen LogP contribution is -2.30. The predicted octanol–water partition coefficient (Wildman–Crippen LogP) is 10.9. The highest BCUT2D eigenvalue weighted by Gasteiger charge is 2.38. The van der Waals surface area contributed by atoms with E-state index in [0.29, 0.717) is 28.1 Å². The molecule has 2 amide bonds. The first-order chi connectivity index (χ1) is 25.6. The number of amides is 2. The molecule has 7 heteroatoms. The van der Waals surface area contributed by atoms with Crippen molar-refractivity contribution in [2.45, 2.75) is 0 Å². The van der Waals surface area contributed by atoms with E-state index in [0.717, 1.165) is 49.3 Å². The Kier molecular flexibility index (Phi) is 5.81. The van der Waals surface area contributed by atoms with E-state index in [4.69, 9.17) is 0 Å². The minimum atomic E-state index is -0.406. The molecule has 4 heterocycles. The van der Waals surface area contributed by atoms with Crippen LogP contribution in [0.1, 0.15) is 26.3 Å². The SMILES string of the molecule is N#Cc1cccc(N2C(=O)c3ccccc3C2=O)c1-n1c2ccccc2c2c1ccc1c3ccccc3n(-c3ccc4sc5ccccc5c4c3)c12. The van der Waals surface area contributed by atoms with Crippen LogP contribution in [0.15, 0.2) is 146 Å². The number of imide groups is 1. The highest BCUT2D eigenvalue weighted by atomic mass is 32.1. The molecular formula is C45H24N4O2S. The molecule has 10 aromatic rings. The van der Waals surface area contributed by atoms with Gasteiger partial charge in [0.2, 0.25) is 0 Å². The minimum absolute atomic E-state index is 0.352. The molecule has 7 aromatic carbocycles. The van der Waals surface area contributed by atoms with Gasteiger partial charge in [0.15, 0.2) is 0 Å². The highest BCUT2D eigenvalue weighted by molar-refractivity contribution is 7.25. The maximum Gasteiger partial charge on any atom is 0.266 e. The summed E-state index contributed by atoms with van der Waals surface area (Å²) >= 11 is 1.80. The van der Waals surface area contributed by atoms with Gasteiger partial charge in [-0.2, -0.15) is 5.26 Å². The molecule has 0 N–H and O–H groups in total. The second-order valence-corrected chi connectivity index (χ2v) is 14.2. The molecule has 0 aliphatic carbocycles. The van der Waals surface area contributed by atoms with Crippen LogP contribution in [0.3, 0.4) is 0 Å². The van der Waals surface area contributed by atoms with Crippen molar-refractivity contribution in [3.8, 4) is 17.4 Å². The van der Waals surface area contributed by atoms with Gasteiger partial charge in [-0.25, -0.2) is 4.90 Å². The molecule has 242 valence electrons. The smallest absolute Gasteiger partial charge is 0.266 e. The van der Waals surface area contributed by atoms with Gasteiger partial charge >= 0.3 is 0 Å². The maximum atomic E-state index is 13.9. The number of carbonyl (C=O) groups excluding carboxylic acids is 2. The first-order valence-electron chi connectivity index (χ1n) is 17.0. The van der Waals surface area contributed by atoms with Crippen LogP contribution >= 0.6 is 11.3 Å². The number of anilines is 1. The van der Waals surface area contributed by atoms with Crippen molar-refractivity contribution in [1.29, 1.82) is 5.26 Å². The van der Waals surface area contributed by atoms with E-state index in [1.54, 1.807) is 53.8 Å². The van der Waals surface area contributed by atoms with Crippen LogP contribution in [-0.4, -0.2) is 20.9 Å². The first kappa shape index (κ1) is 28.8. The molecular weight excluding hydrogens is 661 g/mol. The molecule has 6 nitrogen and oxygen atoms in total. The third kappa shape index (κ3) is 3.71. The van der Waals surface area contributed by atoms with Gasteiger partial charge in [-0.05, 0) is 66.7 Å². The van der Waals surface area contributed by atoms with Crippen molar-refractivity contribution in [1.82, 2.24) is 9.13 Å². The van der Waals surface area contributed by atoms with Gasteiger partial charge in [-0.15, -0.1) is 11.3 Å². The molecule has 0 radical (unpaired) electrons. The zero-order valence-electron chi connectivity index (χ0n) is 27.4. The zero-order chi connectivity index (χ0) is 34.7. The van der Waals surface area contributed by atoms with E-state index in [9.17, 15) is 14.9 Å². The Balaban J connectivity index is 1.27. The molecule has 0 atom stereocenters. The summed E-state index contributed by atoms with van der Waals surface area (Å²) in [6, 6.07) is 50.7. The average molecular weight is 685 g/mol. The van der Waals surface area contributed by atoms with Gasteiger partial charge < -0.3 is 9.13 Å². The minimum Gasteiger partial charge on any atom is -0.309 e. The van der Waals surface area contributed by atoms with Crippen molar-refractivity contribution >= 4 is 92.6 Å².